The smallest absolute Gasteiger partial charge is 0.00129 e. The van der Waals surface area contributed by atoms with Gasteiger partial charge in [-0.25, -0.2) is 0 Å². The van der Waals surface area contributed by atoms with Crippen LogP contribution in [0.25, 0.3) is 0 Å². The molecule has 75 valence electrons. The molecule has 13 heavy (non-hydrogen) atoms. The van der Waals surface area contributed by atoms with Gasteiger partial charge in [0.25, 0.3) is 0 Å². The Labute approximate surface area is 82.5 Å². The second kappa shape index (κ2) is 4.99. The molecule has 1 nitrogen and oxygen atoms in total. The van der Waals surface area contributed by atoms with E-state index in [0.717, 1.165) is 5.92 Å². The standard InChI is InChI=1S/C12H22N/c1-3-7-12(8-4-1)11-13-9-5-2-6-10-13/h5,12H,1-4,6-11H2. The van der Waals surface area contributed by atoms with Gasteiger partial charge < -0.3 is 4.90 Å². The lowest BCUT2D eigenvalue weighted by Crippen LogP contribution is -2.35. The number of hydrogen-bond donors (Lipinski definition) is 0. The highest BCUT2D eigenvalue weighted by atomic mass is 15.1. The van der Waals surface area contributed by atoms with Gasteiger partial charge in [-0.3, -0.25) is 0 Å². The first kappa shape index (κ1) is 9.51. The number of hydrogen-bond acceptors (Lipinski definition) is 1. The van der Waals surface area contributed by atoms with Crippen molar-refractivity contribution in [1.29, 1.82) is 0 Å². The van der Waals surface area contributed by atoms with E-state index in [2.05, 4.69) is 11.3 Å². The van der Waals surface area contributed by atoms with Gasteiger partial charge in [-0.2, -0.15) is 0 Å². The zero-order valence-corrected chi connectivity index (χ0v) is 8.67. The van der Waals surface area contributed by atoms with Gasteiger partial charge in [-0.15, -0.1) is 0 Å². The fraction of sp³-hybridized carbons (Fsp3) is 0.917. The van der Waals surface area contributed by atoms with Gasteiger partial charge in [0.1, 0.15) is 0 Å². The van der Waals surface area contributed by atoms with Crippen LogP contribution in [-0.2, 0) is 0 Å². The molecule has 0 spiro atoms. The van der Waals surface area contributed by atoms with Crippen molar-refractivity contribution in [3.05, 3.63) is 6.42 Å². The second-order valence-electron chi connectivity index (χ2n) is 4.69. The van der Waals surface area contributed by atoms with Gasteiger partial charge in [0, 0.05) is 13.1 Å². The van der Waals surface area contributed by atoms with Crippen LogP contribution >= 0.6 is 0 Å². The van der Waals surface area contributed by atoms with E-state index in [4.69, 9.17) is 0 Å². The van der Waals surface area contributed by atoms with Crippen LogP contribution in [0.1, 0.15) is 44.9 Å². The highest BCUT2D eigenvalue weighted by Crippen LogP contribution is 2.25. The summed E-state index contributed by atoms with van der Waals surface area (Å²) in [6, 6.07) is 0. The Balaban J connectivity index is 1.69. The molecule has 0 bridgehead atoms. The Kier molecular flexibility index (Phi) is 3.65. The SMILES string of the molecule is [CH]1CCCN(CC2CCCCC2)C1. The molecule has 2 fully saturated rings. The Morgan fingerprint density at radius 2 is 1.92 bits per heavy atom. The van der Waals surface area contributed by atoms with Crippen molar-refractivity contribution < 1.29 is 0 Å². The number of likely N-dealkylation sites (tertiary alicyclic amines) is 1. The Morgan fingerprint density at radius 1 is 1.08 bits per heavy atom. The molecule has 1 aliphatic carbocycles. The van der Waals surface area contributed by atoms with E-state index in [-0.39, 0.29) is 0 Å². The maximum Gasteiger partial charge on any atom is 0.00129 e. The first-order chi connectivity index (χ1) is 6.45. The minimum Gasteiger partial charge on any atom is -0.303 e. The quantitative estimate of drug-likeness (QED) is 0.631. The molecule has 0 N–H and O–H groups in total. The van der Waals surface area contributed by atoms with Crippen molar-refractivity contribution >= 4 is 0 Å². The van der Waals surface area contributed by atoms with E-state index >= 15 is 0 Å². The van der Waals surface area contributed by atoms with Crippen LogP contribution < -0.4 is 0 Å². The lowest BCUT2D eigenvalue weighted by molar-refractivity contribution is 0.195. The van der Waals surface area contributed by atoms with Gasteiger partial charge in [0.15, 0.2) is 0 Å². The maximum atomic E-state index is 2.65. The van der Waals surface area contributed by atoms with Gasteiger partial charge in [0.2, 0.25) is 0 Å². The molecule has 0 atom stereocenters. The summed E-state index contributed by atoms with van der Waals surface area (Å²) in [5, 5.41) is 0. The largest absolute Gasteiger partial charge is 0.303 e. The summed E-state index contributed by atoms with van der Waals surface area (Å²) in [6.45, 7) is 4.00. The van der Waals surface area contributed by atoms with Crippen LogP contribution in [0, 0.1) is 12.3 Å². The molecule has 2 rings (SSSR count). The Bertz CT molecular complexity index is 116. The monoisotopic (exact) mass is 180 g/mol. The average molecular weight is 180 g/mol. The van der Waals surface area contributed by atoms with Gasteiger partial charge >= 0.3 is 0 Å². The van der Waals surface area contributed by atoms with Gasteiger partial charge in [-0.1, -0.05) is 19.3 Å². The van der Waals surface area contributed by atoms with Crippen molar-refractivity contribution in [2.75, 3.05) is 19.6 Å². The normalized spacial score (nSPS) is 27.7. The van der Waals surface area contributed by atoms with E-state index in [0.29, 0.717) is 0 Å². The minimum absolute atomic E-state index is 1.03. The third-order valence-corrected chi connectivity index (χ3v) is 3.51. The molecule has 1 heterocycles. The van der Waals surface area contributed by atoms with Crippen LogP contribution in [0.5, 0.6) is 0 Å². The lowest BCUT2D eigenvalue weighted by atomic mass is 9.88. The summed E-state index contributed by atoms with van der Waals surface area (Å²) >= 11 is 0. The first-order valence-corrected chi connectivity index (χ1v) is 5.99. The van der Waals surface area contributed by atoms with E-state index in [1.807, 2.05) is 0 Å². The topological polar surface area (TPSA) is 3.24 Å². The van der Waals surface area contributed by atoms with Gasteiger partial charge in [-0.05, 0) is 44.6 Å². The molecule has 1 saturated heterocycles. The van der Waals surface area contributed by atoms with Crippen molar-refractivity contribution in [2.24, 2.45) is 5.92 Å². The Hall–Kier alpha value is -0.0400. The molecule has 1 aliphatic heterocycles. The van der Waals surface area contributed by atoms with Crippen molar-refractivity contribution in [3.63, 3.8) is 0 Å². The number of piperidine rings is 1. The molecule has 0 aromatic rings. The van der Waals surface area contributed by atoms with Crippen LogP contribution in [0.4, 0.5) is 0 Å². The molecule has 1 radical (unpaired) electrons. The highest BCUT2D eigenvalue weighted by molar-refractivity contribution is 4.80. The summed E-state index contributed by atoms with van der Waals surface area (Å²) in [5.74, 6) is 1.03. The molecule has 0 amide bonds. The molecule has 0 unspecified atom stereocenters. The molecule has 1 heteroatoms. The summed E-state index contributed by atoms with van der Waals surface area (Å²) in [6.07, 6.45) is 12.7. The molecular formula is C12H22N. The highest BCUT2D eigenvalue weighted by Gasteiger charge is 2.18. The summed E-state index contributed by atoms with van der Waals surface area (Å²) in [5.41, 5.74) is 0. The predicted molar refractivity (Wildman–Crippen MR) is 56.5 cm³/mol. The zero-order valence-electron chi connectivity index (χ0n) is 8.67. The molecule has 2 aliphatic rings. The zero-order chi connectivity index (χ0) is 8.93. The molecule has 0 aromatic heterocycles. The van der Waals surface area contributed by atoms with Crippen LogP contribution in [0.15, 0.2) is 0 Å². The number of nitrogens with zero attached hydrogens (tertiary/aromatic N) is 1. The predicted octanol–water partition coefficient (Wildman–Crippen LogP) is 2.87. The minimum atomic E-state index is 1.03. The molecule has 0 aromatic carbocycles. The van der Waals surface area contributed by atoms with Crippen LogP contribution in [-0.4, -0.2) is 24.5 Å². The summed E-state index contributed by atoms with van der Waals surface area (Å²) in [7, 11) is 0. The van der Waals surface area contributed by atoms with Crippen LogP contribution in [0.2, 0.25) is 0 Å². The first-order valence-electron chi connectivity index (χ1n) is 5.99. The second-order valence-corrected chi connectivity index (χ2v) is 4.69. The third kappa shape index (κ3) is 2.98. The van der Waals surface area contributed by atoms with E-state index < -0.39 is 0 Å². The van der Waals surface area contributed by atoms with E-state index in [1.165, 1.54) is 64.6 Å². The van der Waals surface area contributed by atoms with E-state index in [9.17, 15) is 0 Å². The number of rotatable bonds is 2. The lowest BCUT2D eigenvalue weighted by Gasteiger charge is -2.31. The van der Waals surface area contributed by atoms with Gasteiger partial charge in [0.05, 0.1) is 0 Å². The fourth-order valence-corrected chi connectivity index (χ4v) is 2.73. The van der Waals surface area contributed by atoms with Crippen molar-refractivity contribution in [3.8, 4) is 0 Å². The molecule has 1 saturated carbocycles. The van der Waals surface area contributed by atoms with E-state index in [1.54, 1.807) is 0 Å². The summed E-state index contributed by atoms with van der Waals surface area (Å²) < 4.78 is 0. The third-order valence-electron chi connectivity index (χ3n) is 3.51. The van der Waals surface area contributed by atoms with Crippen LogP contribution in [0.3, 0.4) is 0 Å². The molecular weight excluding hydrogens is 158 g/mol. The van der Waals surface area contributed by atoms with Crippen molar-refractivity contribution in [2.45, 2.75) is 44.9 Å². The maximum absolute atomic E-state index is 2.65. The Morgan fingerprint density at radius 3 is 2.62 bits per heavy atom. The summed E-state index contributed by atoms with van der Waals surface area (Å²) in [4.78, 5) is 2.65. The average Bonchev–Trinajstić information content (AvgIpc) is 2.21. The fourth-order valence-electron chi connectivity index (χ4n) is 2.73. The van der Waals surface area contributed by atoms with Crippen molar-refractivity contribution in [1.82, 2.24) is 4.90 Å².